The second kappa shape index (κ2) is 7.16. The van der Waals surface area contributed by atoms with E-state index in [4.69, 9.17) is 5.73 Å². The topological polar surface area (TPSA) is 96.1 Å². The molecule has 10 heteroatoms. The zero-order chi connectivity index (χ0) is 19.9. The van der Waals surface area contributed by atoms with E-state index in [2.05, 4.69) is 4.99 Å². The molecule has 3 rings (SSSR count). The third-order valence-electron chi connectivity index (χ3n) is 5.33. The highest BCUT2D eigenvalue weighted by Crippen LogP contribution is 2.41. The van der Waals surface area contributed by atoms with Gasteiger partial charge in [0.15, 0.2) is 5.96 Å². The molecule has 2 aliphatic rings. The molecule has 1 unspecified atom stereocenters. The lowest BCUT2D eigenvalue weighted by molar-refractivity contribution is -0.135. The van der Waals surface area contributed by atoms with Crippen LogP contribution < -0.4 is 5.73 Å². The van der Waals surface area contributed by atoms with E-state index >= 15 is 0 Å². The summed E-state index contributed by atoms with van der Waals surface area (Å²) in [4.78, 5) is 18.4. The fraction of sp³-hybridized carbons (Fsp3) is 0.529. The van der Waals surface area contributed by atoms with Gasteiger partial charge in [-0.1, -0.05) is 6.07 Å². The van der Waals surface area contributed by atoms with Crippen molar-refractivity contribution in [3.8, 4) is 0 Å². The van der Waals surface area contributed by atoms with Crippen molar-refractivity contribution >= 4 is 21.9 Å². The Morgan fingerprint density at radius 1 is 1.22 bits per heavy atom. The van der Waals surface area contributed by atoms with Crippen molar-refractivity contribution in [2.24, 2.45) is 22.6 Å². The van der Waals surface area contributed by atoms with Crippen molar-refractivity contribution in [2.75, 3.05) is 26.4 Å². The highest BCUT2D eigenvalue weighted by Gasteiger charge is 2.44. The Morgan fingerprint density at radius 3 is 2.41 bits per heavy atom. The zero-order valence-electron chi connectivity index (χ0n) is 15.1. The minimum Gasteiger partial charge on any atom is -0.369 e. The number of sulfonamides is 1. The molecule has 2 atom stereocenters. The average molecular weight is 400 g/mol. The van der Waals surface area contributed by atoms with Crippen LogP contribution in [0.15, 0.2) is 23.2 Å². The standard InChI is InChI=1S/C17H22F2N4O3S/c1-22-16(24)14(10-5-7-23(8-6-10)27(2,25)26)15(21-17(22)20)12-4-3-11(18)9-13(12)19/h3-4,9-10,14-15H,5-8H2,1-2H3,(H2,20,21)/t14?,15-/m1/s1. The second-order valence-corrected chi connectivity index (χ2v) is 9.00. The molecular formula is C17H22F2N4O3S. The summed E-state index contributed by atoms with van der Waals surface area (Å²) >= 11 is 0. The summed E-state index contributed by atoms with van der Waals surface area (Å²) in [5, 5.41) is 0. The summed E-state index contributed by atoms with van der Waals surface area (Å²) in [6.07, 6.45) is 2.05. The first kappa shape index (κ1) is 19.7. The summed E-state index contributed by atoms with van der Waals surface area (Å²) in [7, 11) is -1.80. The maximum atomic E-state index is 14.4. The molecule has 1 amide bonds. The zero-order valence-corrected chi connectivity index (χ0v) is 15.9. The summed E-state index contributed by atoms with van der Waals surface area (Å²) < 4.78 is 52.5. The second-order valence-electron chi connectivity index (χ2n) is 7.02. The number of aliphatic imine (C=N–C) groups is 1. The molecule has 0 aliphatic carbocycles. The van der Waals surface area contributed by atoms with Crippen LogP contribution in [0.25, 0.3) is 0 Å². The number of carbonyl (C=O) groups excluding carboxylic acids is 1. The number of nitrogens with two attached hydrogens (primary N) is 1. The first-order valence-electron chi connectivity index (χ1n) is 8.60. The number of nitrogens with zero attached hydrogens (tertiary/aromatic N) is 3. The first-order valence-corrected chi connectivity index (χ1v) is 10.5. The molecule has 0 aromatic heterocycles. The highest BCUT2D eigenvalue weighted by molar-refractivity contribution is 7.88. The Bertz CT molecular complexity index is 882. The molecule has 2 N–H and O–H groups in total. The molecule has 1 saturated heterocycles. The number of amides is 1. The molecule has 2 heterocycles. The summed E-state index contributed by atoms with van der Waals surface area (Å²) in [5.74, 6) is -2.71. The summed E-state index contributed by atoms with van der Waals surface area (Å²) in [6.45, 7) is 0.573. The van der Waals surface area contributed by atoms with Crippen LogP contribution in [0.1, 0.15) is 24.4 Å². The van der Waals surface area contributed by atoms with E-state index in [1.165, 1.54) is 22.3 Å². The SMILES string of the molecule is CN1C(=O)C(C2CCN(S(C)(=O)=O)CC2)[C@@H](c2ccc(F)cc2F)N=C1N. The number of benzene rings is 1. The molecule has 27 heavy (non-hydrogen) atoms. The number of hydrogen-bond donors (Lipinski definition) is 1. The van der Waals surface area contributed by atoms with Gasteiger partial charge < -0.3 is 5.73 Å². The molecule has 0 radical (unpaired) electrons. The lowest BCUT2D eigenvalue weighted by atomic mass is 9.76. The number of carbonyl (C=O) groups is 1. The van der Waals surface area contributed by atoms with E-state index < -0.39 is 33.6 Å². The highest BCUT2D eigenvalue weighted by atomic mass is 32.2. The Morgan fingerprint density at radius 2 is 1.85 bits per heavy atom. The Hall–Kier alpha value is -2.07. The van der Waals surface area contributed by atoms with Gasteiger partial charge in [-0.25, -0.2) is 26.5 Å². The van der Waals surface area contributed by atoms with Crippen LogP contribution in [-0.2, 0) is 14.8 Å². The van der Waals surface area contributed by atoms with Crippen molar-refractivity contribution in [3.05, 3.63) is 35.4 Å². The summed E-state index contributed by atoms with van der Waals surface area (Å²) in [6, 6.07) is 2.29. The molecular weight excluding hydrogens is 378 g/mol. The van der Waals surface area contributed by atoms with E-state index in [-0.39, 0.29) is 36.4 Å². The van der Waals surface area contributed by atoms with Crippen LogP contribution in [0.3, 0.4) is 0 Å². The number of guanidine groups is 1. The first-order chi connectivity index (χ1) is 12.6. The molecule has 1 aromatic carbocycles. The van der Waals surface area contributed by atoms with E-state index in [9.17, 15) is 22.0 Å². The van der Waals surface area contributed by atoms with Gasteiger partial charge in [0.1, 0.15) is 11.6 Å². The third kappa shape index (κ3) is 3.81. The average Bonchev–Trinajstić information content (AvgIpc) is 2.59. The number of rotatable bonds is 3. The fourth-order valence-corrected chi connectivity index (χ4v) is 4.69. The van der Waals surface area contributed by atoms with Gasteiger partial charge in [-0.3, -0.25) is 9.69 Å². The van der Waals surface area contributed by atoms with Crippen molar-refractivity contribution in [3.63, 3.8) is 0 Å². The molecule has 0 saturated carbocycles. The summed E-state index contributed by atoms with van der Waals surface area (Å²) in [5.41, 5.74) is 5.93. The largest absolute Gasteiger partial charge is 0.369 e. The van der Waals surface area contributed by atoms with Crippen molar-refractivity contribution in [1.29, 1.82) is 0 Å². The maximum absolute atomic E-state index is 14.4. The van der Waals surface area contributed by atoms with Crippen LogP contribution in [0.4, 0.5) is 8.78 Å². The Balaban J connectivity index is 1.94. The number of piperidine rings is 1. The Kier molecular flexibility index (Phi) is 5.22. The van der Waals surface area contributed by atoms with Crippen molar-refractivity contribution in [1.82, 2.24) is 9.21 Å². The van der Waals surface area contributed by atoms with E-state index in [0.29, 0.717) is 12.8 Å². The molecule has 148 valence electrons. The molecule has 0 bridgehead atoms. The molecule has 7 nitrogen and oxygen atoms in total. The minimum atomic E-state index is -3.30. The maximum Gasteiger partial charge on any atom is 0.234 e. The van der Waals surface area contributed by atoms with Gasteiger partial charge >= 0.3 is 0 Å². The molecule has 1 aromatic rings. The number of halogens is 2. The van der Waals surface area contributed by atoms with Gasteiger partial charge in [0, 0.05) is 31.8 Å². The van der Waals surface area contributed by atoms with Gasteiger partial charge in [-0.05, 0) is 24.8 Å². The third-order valence-corrected chi connectivity index (χ3v) is 6.63. The van der Waals surface area contributed by atoms with Gasteiger partial charge in [-0.15, -0.1) is 0 Å². The van der Waals surface area contributed by atoms with Crippen LogP contribution in [0, 0.1) is 23.5 Å². The number of hydrogen-bond acceptors (Lipinski definition) is 5. The lowest BCUT2D eigenvalue weighted by Crippen LogP contribution is -2.51. The van der Waals surface area contributed by atoms with Gasteiger partial charge in [0.2, 0.25) is 15.9 Å². The minimum absolute atomic E-state index is 0.0291. The van der Waals surface area contributed by atoms with E-state index in [1.54, 1.807) is 0 Å². The molecule has 0 spiro atoms. The van der Waals surface area contributed by atoms with Gasteiger partial charge in [0.05, 0.1) is 18.2 Å². The lowest BCUT2D eigenvalue weighted by Gasteiger charge is -2.40. The van der Waals surface area contributed by atoms with E-state index in [0.717, 1.165) is 18.4 Å². The van der Waals surface area contributed by atoms with Crippen LogP contribution in [0.5, 0.6) is 0 Å². The fourth-order valence-electron chi connectivity index (χ4n) is 3.81. The van der Waals surface area contributed by atoms with Crippen LogP contribution in [0.2, 0.25) is 0 Å². The predicted molar refractivity (Wildman–Crippen MR) is 96.1 cm³/mol. The van der Waals surface area contributed by atoms with Crippen LogP contribution in [-0.4, -0.2) is 55.9 Å². The monoisotopic (exact) mass is 400 g/mol. The molecule has 1 fully saturated rings. The van der Waals surface area contributed by atoms with Gasteiger partial charge in [-0.2, -0.15) is 0 Å². The molecule has 2 aliphatic heterocycles. The van der Waals surface area contributed by atoms with Crippen LogP contribution >= 0.6 is 0 Å². The van der Waals surface area contributed by atoms with E-state index in [1.807, 2.05) is 0 Å². The Labute approximate surface area is 156 Å². The normalized spacial score (nSPS) is 25.6. The quantitative estimate of drug-likeness (QED) is 0.821. The van der Waals surface area contributed by atoms with Crippen molar-refractivity contribution in [2.45, 2.75) is 18.9 Å². The van der Waals surface area contributed by atoms with Gasteiger partial charge in [0.25, 0.3) is 0 Å². The van der Waals surface area contributed by atoms with Crippen molar-refractivity contribution < 1.29 is 22.0 Å². The predicted octanol–water partition coefficient (Wildman–Crippen LogP) is 1.08. The smallest absolute Gasteiger partial charge is 0.234 e.